The Bertz CT molecular complexity index is 662. The summed E-state index contributed by atoms with van der Waals surface area (Å²) in [6.45, 7) is 1.78. The molecule has 0 aliphatic carbocycles. The molecule has 0 amide bonds. The minimum Gasteiger partial charge on any atom is -0.496 e. The summed E-state index contributed by atoms with van der Waals surface area (Å²) in [5, 5.41) is 0. The highest BCUT2D eigenvalue weighted by atomic mass is 79.9. The van der Waals surface area contributed by atoms with Crippen molar-refractivity contribution in [1.82, 2.24) is 0 Å². The van der Waals surface area contributed by atoms with Crippen molar-refractivity contribution in [3.05, 3.63) is 50.7 Å². The minimum absolute atomic E-state index is 0.130. The predicted molar refractivity (Wildman–Crippen MR) is 87.5 cm³/mol. The van der Waals surface area contributed by atoms with Gasteiger partial charge in [0.05, 0.1) is 16.1 Å². The van der Waals surface area contributed by atoms with Crippen molar-refractivity contribution in [2.45, 2.75) is 13.0 Å². The van der Waals surface area contributed by atoms with E-state index in [0.717, 1.165) is 0 Å². The first-order valence-corrected chi connectivity index (χ1v) is 7.77. The molecule has 2 N–H and O–H groups in total. The molecule has 0 saturated heterocycles. The van der Waals surface area contributed by atoms with Crippen LogP contribution in [0, 0.1) is 5.82 Å². The number of halogens is 3. The predicted octanol–water partition coefficient (Wildman–Crippen LogP) is 5.17. The summed E-state index contributed by atoms with van der Waals surface area (Å²) in [6, 6.07) is 7.81. The summed E-state index contributed by atoms with van der Waals surface area (Å²) >= 11 is 6.76. The Kier molecular flexibility index (Phi) is 5.24. The van der Waals surface area contributed by atoms with Crippen molar-refractivity contribution in [3.8, 4) is 17.2 Å². The van der Waals surface area contributed by atoms with E-state index in [1.165, 1.54) is 6.07 Å². The zero-order valence-corrected chi connectivity index (χ0v) is 14.7. The van der Waals surface area contributed by atoms with Crippen LogP contribution in [0.4, 0.5) is 4.39 Å². The Morgan fingerprint density at radius 3 is 2.38 bits per heavy atom. The van der Waals surface area contributed by atoms with Crippen LogP contribution in [0.5, 0.6) is 17.2 Å². The maximum atomic E-state index is 14.0. The van der Waals surface area contributed by atoms with E-state index in [4.69, 9.17) is 15.2 Å². The summed E-state index contributed by atoms with van der Waals surface area (Å²) in [7, 11) is 1.57. The highest BCUT2D eigenvalue weighted by Gasteiger charge is 2.16. The quantitative estimate of drug-likeness (QED) is 0.744. The van der Waals surface area contributed by atoms with Crippen LogP contribution in [0.25, 0.3) is 0 Å². The first-order valence-electron chi connectivity index (χ1n) is 6.19. The van der Waals surface area contributed by atoms with Gasteiger partial charge in [0.1, 0.15) is 11.5 Å². The molecule has 2 aromatic rings. The molecule has 21 heavy (non-hydrogen) atoms. The molecule has 0 bridgehead atoms. The van der Waals surface area contributed by atoms with Crippen molar-refractivity contribution < 1.29 is 13.9 Å². The molecule has 2 aromatic carbocycles. The molecule has 0 heterocycles. The molecule has 0 aromatic heterocycles. The van der Waals surface area contributed by atoms with Crippen molar-refractivity contribution in [2.75, 3.05) is 7.11 Å². The molecule has 0 spiro atoms. The molecule has 3 nitrogen and oxygen atoms in total. The van der Waals surface area contributed by atoms with Crippen LogP contribution in [-0.2, 0) is 0 Å². The topological polar surface area (TPSA) is 44.5 Å². The fourth-order valence-corrected chi connectivity index (χ4v) is 2.73. The number of nitrogens with two attached hydrogens (primary N) is 1. The third-order valence-corrected chi connectivity index (χ3v) is 4.15. The third-order valence-electron chi connectivity index (χ3n) is 2.91. The lowest BCUT2D eigenvalue weighted by Crippen LogP contribution is -2.07. The third kappa shape index (κ3) is 3.56. The Labute approximate surface area is 139 Å². The van der Waals surface area contributed by atoms with Crippen LogP contribution in [-0.4, -0.2) is 7.11 Å². The number of para-hydroxylation sites is 1. The van der Waals surface area contributed by atoms with Gasteiger partial charge in [-0.1, -0.05) is 12.1 Å². The highest BCUT2D eigenvalue weighted by Crippen LogP contribution is 2.40. The first kappa shape index (κ1) is 16.3. The number of rotatable bonds is 4. The van der Waals surface area contributed by atoms with Gasteiger partial charge in [-0.2, -0.15) is 0 Å². The molecular weight excluding hydrogens is 405 g/mol. The Morgan fingerprint density at radius 2 is 1.76 bits per heavy atom. The molecule has 6 heteroatoms. The fraction of sp³-hybridized carbons (Fsp3) is 0.200. The molecule has 0 saturated carbocycles. The highest BCUT2D eigenvalue weighted by molar-refractivity contribution is 9.11. The molecule has 112 valence electrons. The van der Waals surface area contributed by atoms with Gasteiger partial charge in [-0.25, -0.2) is 4.39 Å². The van der Waals surface area contributed by atoms with Gasteiger partial charge in [-0.3, -0.25) is 0 Å². The summed E-state index contributed by atoms with van der Waals surface area (Å²) in [5.41, 5.74) is 6.47. The molecule has 2 rings (SSSR count). The average Bonchev–Trinajstić information content (AvgIpc) is 2.44. The van der Waals surface area contributed by atoms with E-state index in [1.54, 1.807) is 38.3 Å². The average molecular weight is 419 g/mol. The number of ether oxygens (including phenoxy) is 2. The van der Waals surface area contributed by atoms with E-state index in [-0.39, 0.29) is 11.8 Å². The van der Waals surface area contributed by atoms with Crippen molar-refractivity contribution in [2.24, 2.45) is 5.73 Å². The van der Waals surface area contributed by atoms with E-state index in [0.29, 0.717) is 26.0 Å². The molecule has 0 unspecified atom stereocenters. The Balaban J connectivity index is 2.46. The van der Waals surface area contributed by atoms with Gasteiger partial charge in [-0.15, -0.1) is 0 Å². The summed E-state index contributed by atoms with van der Waals surface area (Å²) in [4.78, 5) is 0. The number of hydrogen-bond donors (Lipinski definition) is 1. The molecule has 0 aliphatic rings. The normalized spacial score (nSPS) is 12.1. The maximum Gasteiger partial charge on any atom is 0.167 e. The second kappa shape index (κ2) is 6.77. The number of hydrogen-bond acceptors (Lipinski definition) is 3. The minimum atomic E-state index is -0.455. The first-order chi connectivity index (χ1) is 9.93. The second-order valence-electron chi connectivity index (χ2n) is 4.47. The lowest BCUT2D eigenvalue weighted by Gasteiger charge is -2.16. The standard InChI is InChI=1S/C15H14Br2FNO2/c1-8(19)9-4-3-5-12(18)15(9)21-14-7-10(16)13(20-2)6-11(14)17/h3-8H,19H2,1-2H3/t8-/m0/s1. The van der Waals surface area contributed by atoms with Crippen LogP contribution in [0.3, 0.4) is 0 Å². The van der Waals surface area contributed by atoms with E-state index >= 15 is 0 Å². The van der Waals surface area contributed by atoms with Crippen molar-refractivity contribution in [3.63, 3.8) is 0 Å². The van der Waals surface area contributed by atoms with Crippen LogP contribution in [0.1, 0.15) is 18.5 Å². The van der Waals surface area contributed by atoms with Gasteiger partial charge in [0, 0.05) is 11.6 Å². The SMILES string of the molecule is COc1cc(Br)c(Oc2c(F)cccc2[C@H](C)N)cc1Br. The molecule has 0 radical (unpaired) electrons. The zero-order valence-electron chi connectivity index (χ0n) is 11.5. The van der Waals surface area contributed by atoms with Gasteiger partial charge < -0.3 is 15.2 Å². The summed E-state index contributed by atoms with van der Waals surface area (Å²) < 4.78 is 26.3. The van der Waals surface area contributed by atoms with E-state index in [1.807, 2.05) is 0 Å². The molecule has 0 fully saturated rings. The molecule has 0 aliphatic heterocycles. The monoisotopic (exact) mass is 417 g/mol. The van der Waals surface area contributed by atoms with Crippen LogP contribution < -0.4 is 15.2 Å². The number of methoxy groups -OCH3 is 1. The van der Waals surface area contributed by atoms with Gasteiger partial charge in [-0.05, 0) is 57.0 Å². The lowest BCUT2D eigenvalue weighted by molar-refractivity contribution is 0.406. The van der Waals surface area contributed by atoms with Gasteiger partial charge in [0.25, 0.3) is 0 Å². The molecular formula is C15H14Br2FNO2. The van der Waals surface area contributed by atoms with Gasteiger partial charge in [0.15, 0.2) is 11.6 Å². The summed E-state index contributed by atoms with van der Waals surface area (Å²) in [5.74, 6) is 0.791. The van der Waals surface area contributed by atoms with Crippen molar-refractivity contribution >= 4 is 31.9 Å². The van der Waals surface area contributed by atoms with Crippen LogP contribution >= 0.6 is 31.9 Å². The van der Waals surface area contributed by atoms with Crippen molar-refractivity contribution in [1.29, 1.82) is 0 Å². The van der Waals surface area contributed by atoms with E-state index in [2.05, 4.69) is 31.9 Å². The summed E-state index contributed by atoms with van der Waals surface area (Å²) in [6.07, 6.45) is 0. The molecule has 1 atom stereocenters. The van der Waals surface area contributed by atoms with E-state index in [9.17, 15) is 4.39 Å². The second-order valence-corrected chi connectivity index (χ2v) is 6.17. The van der Waals surface area contributed by atoms with Crippen LogP contribution in [0.2, 0.25) is 0 Å². The fourth-order valence-electron chi connectivity index (χ4n) is 1.85. The van der Waals surface area contributed by atoms with Crippen LogP contribution in [0.15, 0.2) is 39.3 Å². The maximum absolute atomic E-state index is 14.0. The lowest BCUT2D eigenvalue weighted by atomic mass is 10.1. The van der Waals surface area contributed by atoms with E-state index < -0.39 is 5.82 Å². The Hall–Kier alpha value is -1.11. The Morgan fingerprint density at radius 1 is 1.14 bits per heavy atom. The van der Waals surface area contributed by atoms with Gasteiger partial charge in [0.2, 0.25) is 0 Å². The van der Waals surface area contributed by atoms with Gasteiger partial charge >= 0.3 is 0 Å². The zero-order chi connectivity index (χ0) is 15.6. The smallest absolute Gasteiger partial charge is 0.167 e. The largest absolute Gasteiger partial charge is 0.496 e. The number of benzene rings is 2.